The van der Waals surface area contributed by atoms with E-state index < -0.39 is 0 Å². The average Bonchev–Trinajstić information content (AvgIpc) is 2.86. The van der Waals surface area contributed by atoms with Crippen LogP contribution in [0.25, 0.3) is 0 Å². The van der Waals surface area contributed by atoms with Gasteiger partial charge in [-0.3, -0.25) is 4.79 Å². The molecule has 4 nitrogen and oxygen atoms in total. The Morgan fingerprint density at radius 1 is 1.22 bits per heavy atom. The molecule has 1 aliphatic heterocycles. The van der Waals surface area contributed by atoms with Crippen LogP contribution in [-0.2, 0) is 13.1 Å². The van der Waals surface area contributed by atoms with Gasteiger partial charge in [0, 0.05) is 36.7 Å². The van der Waals surface area contributed by atoms with Crippen molar-refractivity contribution in [1.82, 2.24) is 9.55 Å². The molecular formula is C14H15N3O. The minimum absolute atomic E-state index is 0.107. The number of carbonyl (C=O) groups is 1. The first-order valence-corrected chi connectivity index (χ1v) is 6.10. The number of anilines is 1. The number of imidazole rings is 1. The van der Waals surface area contributed by atoms with Crippen molar-refractivity contribution in [2.24, 2.45) is 0 Å². The minimum atomic E-state index is 0.107. The number of hydrogen-bond acceptors (Lipinski definition) is 3. The fourth-order valence-corrected chi connectivity index (χ4v) is 2.30. The lowest BCUT2D eigenvalue weighted by atomic mass is 10.1. The number of hydrogen-bond donors (Lipinski definition) is 0. The van der Waals surface area contributed by atoms with Crippen molar-refractivity contribution in [2.45, 2.75) is 20.0 Å². The molecule has 3 rings (SSSR count). The number of rotatable bonds is 2. The quantitative estimate of drug-likeness (QED) is 0.756. The van der Waals surface area contributed by atoms with Crippen molar-refractivity contribution in [3.63, 3.8) is 0 Å². The van der Waals surface area contributed by atoms with Crippen LogP contribution in [0.1, 0.15) is 23.1 Å². The second kappa shape index (κ2) is 4.29. The van der Waals surface area contributed by atoms with Gasteiger partial charge in [-0.2, -0.15) is 0 Å². The molecular weight excluding hydrogens is 226 g/mol. The molecule has 2 heterocycles. The first-order chi connectivity index (χ1) is 8.74. The molecule has 18 heavy (non-hydrogen) atoms. The first-order valence-electron chi connectivity index (χ1n) is 6.10. The molecule has 0 atom stereocenters. The zero-order valence-corrected chi connectivity index (χ0v) is 10.3. The lowest BCUT2D eigenvalue weighted by Gasteiger charge is -2.29. The number of Topliss-reactive ketones (excluding diaryl/α,β-unsaturated/α-hetero) is 1. The highest BCUT2D eigenvalue weighted by Gasteiger charge is 2.16. The predicted octanol–water partition coefficient (Wildman–Crippen LogP) is 2.11. The summed E-state index contributed by atoms with van der Waals surface area (Å²) in [5, 5.41) is 0. The molecule has 0 unspecified atom stereocenters. The summed E-state index contributed by atoms with van der Waals surface area (Å²) >= 11 is 0. The third kappa shape index (κ3) is 1.90. The molecule has 0 aliphatic carbocycles. The van der Waals surface area contributed by atoms with Crippen LogP contribution in [0, 0.1) is 0 Å². The van der Waals surface area contributed by atoms with Crippen LogP contribution in [0.2, 0.25) is 0 Å². The van der Waals surface area contributed by atoms with E-state index in [1.165, 1.54) is 0 Å². The topological polar surface area (TPSA) is 38.1 Å². The molecule has 92 valence electrons. The van der Waals surface area contributed by atoms with Crippen molar-refractivity contribution < 1.29 is 4.79 Å². The van der Waals surface area contributed by atoms with E-state index in [-0.39, 0.29) is 5.78 Å². The largest absolute Gasteiger partial charge is 0.362 e. The minimum Gasteiger partial charge on any atom is -0.362 e. The number of nitrogens with zero attached hydrogens (tertiary/aromatic N) is 3. The van der Waals surface area contributed by atoms with E-state index in [9.17, 15) is 4.79 Å². The van der Waals surface area contributed by atoms with Crippen molar-refractivity contribution in [1.29, 1.82) is 0 Å². The van der Waals surface area contributed by atoms with Gasteiger partial charge in [-0.1, -0.05) is 0 Å². The van der Waals surface area contributed by atoms with Crippen molar-refractivity contribution >= 4 is 11.5 Å². The van der Waals surface area contributed by atoms with Crippen LogP contribution in [0.4, 0.5) is 5.69 Å². The zero-order chi connectivity index (χ0) is 12.5. The zero-order valence-electron chi connectivity index (χ0n) is 10.3. The second-order valence-corrected chi connectivity index (χ2v) is 4.56. The summed E-state index contributed by atoms with van der Waals surface area (Å²) in [6, 6.07) is 7.79. The maximum absolute atomic E-state index is 11.2. The molecule has 0 N–H and O–H groups in total. The van der Waals surface area contributed by atoms with Gasteiger partial charge in [-0.25, -0.2) is 4.98 Å². The van der Waals surface area contributed by atoms with Crippen molar-refractivity contribution in [3.8, 4) is 0 Å². The normalized spacial score (nSPS) is 14.4. The van der Waals surface area contributed by atoms with E-state index in [1.54, 1.807) is 6.92 Å². The van der Waals surface area contributed by atoms with E-state index in [2.05, 4.69) is 14.5 Å². The Bertz CT molecular complexity index is 571. The Morgan fingerprint density at radius 2 is 2.00 bits per heavy atom. The van der Waals surface area contributed by atoms with E-state index >= 15 is 0 Å². The van der Waals surface area contributed by atoms with Crippen LogP contribution in [0.15, 0.2) is 36.7 Å². The molecule has 0 bridgehead atoms. The Kier molecular flexibility index (Phi) is 2.63. The molecule has 0 saturated carbocycles. The molecule has 2 aromatic rings. The molecule has 0 fully saturated rings. The van der Waals surface area contributed by atoms with Gasteiger partial charge in [-0.05, 0) is 31.2 Å². The first kappa shape index (κ1) is 11.0. The molecule has 0 amide bonds. The van der Waals surface area contributed by atoms with Gasteiger partial charge in [0.2, 0.25) is 0 Å². The maximum atomic E-state index is 11.2. The Balaban J connectivity index is 1.82. The van der Waals surface area contributed by atoms with Gasteiger partial charge in [0.25, 0.3) is 0 Å². The lowest BCUT2D eigenvalue weighted by Crippen LogP contribution is -2.33. The van der Waals surface area contributed by atoms with Gasteiger partial charge < -0.3 is 9.47 Å². The van der Waals surface area contributed by atoms with E-state index in [0.717, 1.165) is 36.7 Å². The third-order valence-corrected chi connectivity index (χ3v) is 3.38. The van der Waals surface area contributed by atoms with Gasteiger partial charge in [0.05, 0.1) is 6.54 Å². The van der Waals surface area contributed by atoms with Crippen LogP contribution >= 0.6 is 0 Å². The Hall–Kier alpha value is -2.10. The lowest BCUT2D eigenvalue weighted by molar-refractivity contribution is 0.101. The fraction of sp³-hybridized carbons (Fsp3) is 0.286. The second-order valence-electron chi connectivity index (χ2n) is 4.56. The molecule has 0 saturated heterocycles. The third-order valence-electron chi connectivity index (χ3n) is 3.38. The van der Waals surface area contributed by atoms with Gasteiger partial charge in [0.15, 0.2) is 5.78 Å². The summed E-state index contributed by atoms with van der Waals surface area (Å²) in [5.74, 6) is 1.20. The van der Waals surface area contributed by atoms with Gasteiger partial charge in [0.1, 0.15) is 5.82 Å². The maximum Gasteiger partial charge on any atom is 0.159 e. The van der Waals surface area contributed by atoms with Crippen molar-refractivity contribution in [2.75, 3.05) is 11.4 Å². The van der Waals surface area contributed by atoms with Gasteiger partial charge in [-0.15, -0.1) is 0 Å². The monoisotopic (exact) mass is 241 g/mol. The molecule has 1 aliphatic rings. The predicted molar refractivity (Wildman–Crippen MR) is 69.7 cm³/mol. The SMILES string of the molecule is CC(=O)c1ccc(N2CCn3ccnc3C2)cc1. The molecule has 0 spiro atoms. The summed E-state index contributed by atoms with van der Waals surface area (Å²) < 4.78 is 2.18. The Morgan fingerprint density at radius 3 is 2.72 bits per heavy atom. The van der Waals surface area contributed by atoms with E-state index in [4.69, 9.17) is 0 Å². The van der Waals surface area contributed by atoms with Crippen LogP contribution in [0.3, 0.4) is 0 Å². The van der Waals surface area contributed by atoms with E-state index in [1.807, 2.05) is 36.7 Å². The fourth-order valence-electron chi connectivity index (χ4n) is 2.30. The van der Waals surface area contributed by atoms with E-state index in [0.29, 0.717) is 0 Å². The molecule has 4 heteroatoms. The average molecular weight is 241 g/mol. The number of aromatic nitrogens is 2. The number of fused-ring (bicyclic) bond motifs is 1. The number of ketones is 1. The highest BCUT2D eigenvalue weighted by Crippen LogP contribution is 2.20. The highest BCUT2D eigenvalue weighted by atomic mass is 16.1. The summed E-state index contributed by atoms with van der Waals surface area (Å²) in [7, 11) is 0. The molecule has 1 aromatic carbocycles. The molecule has 1 aromatic heterocycles. The summed E-state index contributed by atoms with van der Waals surface area (Å²) in [6.07, 6.45) is 3.86. The van der Waals surface area contributed by atoms with Crippen LogP contribution < -0.4 is 4.90 Å². The molecule has 0 radical (unpaired) electrons. The van der Waals surface area contributed by atoms with Gasteiger partial charge >= 0.3 is 0 Å². The smallest absolute Gasteiger partial charge is 0.159 e. The number of benzene rings is 1. The van der Waals surface area contributed by atoms with Crippen molar-refractivity contribution in [3.05, 3.63) is 48.0 Å². The van der Waals surface area contributed by atoms with Crippen LogP contribution in [0.5, 0.6) is 0 Å². The summed E-state index contributed by atoms with van der Waals surface area (Å²) in [4.78, 5) is 17.9. The Labute approximate surface area is 106 Å². The standard InChI is InChI=1S/C14H15N3O/c1-11(18)12-2-4-13(5-3-12)17-9-8-16-7-6-15-14(16)10-17/h2-7H,8-10H2,1H3. The summed E-state index contributed by atoms with van der Waals surface area (Å²) in [6.45, 7) is 4.35. The summed E-state index contributed by atoms with van der Waals surface area (Å²) in [5.41, 5.74) is 1.91. The highest BCUT2D eigenvalue weighted by molar-refractivity contribution is 5.94. The van der Waals surface area contributed by atoms with Crippen LogP contribution in [-0.4, -0.2) is 21.9 Å². The number of carbonyl (C=O) groups excluding carboxylic acids is 1.